The van der Waals surface area contributed by atoms with E-state index in [1.807, 2.05) is 21.1 Å². The van der Waals surface area contributed by atoms with Gasteiger partial charge in [0, 0.05) is 26.0 Å². The summed E-state index contributed by atoms with van der Waals surface area (Å²) in [5, 5.41) is 2.86. The zero-order chi connectivity index (χ0) is 12.0. The van der Waals surface area contributed by atoms with E-state index < -0.39 is 0 Å². The number of aryl methyl sites for hydroxylation is 1. The SMILES string of the molecule is CN(C)CCCCNC(=O)c1nccn1C. The van der Waals surface area contributed by atoms with Crippen molar-refractivity contribution in [3.63, 3.8) is 0 Å². The first-order chi connectivity index (χ1) is 7.61. The molecule has 16 heavy (non-hydrogen) atoms. The number of nitrogens with zero attached hydrogens (tertiary/aromatic N) is 3. The Morgan fingerprint density at radius 2 is 2.25 bits per heavy atom. The Bertz CT molecular complexity index is 332. The minimum absolute atomic E-state index is 0.0997. The number of hydrogen-bond donors (Lipinski definition) is 1. The summed E-state index contributed by atoms with van der Waals surface area (Å²) < 4.78 is 1.72. The number of amides is 1. The number of carbonyl (C=O) groups excluding carboxylic acids is 1. The van der Waals surface area contributed by atoms with Gasteiger partial charge < -0.3 is 14.8 Å². The summed E-state index contributed by atoms with van der Waals surface area (Å²) in [4.78, 5) is 17.7. The molecule has 0 aliphatic carbocycles. The van der Waals surface area contributed by atoms with Crippen LogP contribution in [0.2, 0.25) is 0 Å². The van der Waals surface area contributed by atoms with Crippen molar-refractivity contribution in [1.29, 1.82) is 0 Å². The second-order valence-corrected chi connectivity index (χ2v) is 4.13. The summed E-state index contributed by atoms with van der Waals surface area (Å²) in [6.45, 7) is 1.76. The zero-order valence-electron chi connectivity index (χ0n) is 10.2. The molecular weight excluding hydrogens is 204 g/mol. The molecule has 1 N–H and O–H groups in total. The summed E-state index contributed by atoms with van der Waals surface area (Å²) in [6.07, 6.45) is 5.48. The Morgan fingerprint density at radius 3 is 2.81 bits per heavy atom. The van der Waals surface area contributed by atoms with Crippen LogP contribution in [-0.2, 0) is 7.05 Å². The first-order valence-corrected chi connectivity index (χ1v) is 5.51. The van der Waals surface area contributed by atoms with Gasteiger partial charge >= 0.3 is 0 Å². The van der Waals surface area contributed by atoms with Gasteiger partial charge in [0.1, 0.15) is 0 Å². The Labute approximate surface area is 96.5 Å². The molecule has 0 aliphatic rings. The molecule has 1 rings (SSSR count). The van der Waals surface area contributed by atoms with E-state index >= 15 is 0 Å². The van der Waals surface area contributed by atoms with Crippen LogP contribution in [0.25, 0.3) is 0 Å². The van der Waals surface area contributed by atoms with Crippen LogP contribution < -0.4 is 5.32 Å². The van der Waals surface area contributed by atoms with Crippen LogP contribution in [0.15, 0.2) is 12.4 Å². The van der Waals surface area contributed by atoms with E-state index in [-0.39, 0.29) is 5.91 Å². The van der Waals surface area contributed by atoms with Crippen LogP contribution in [0.4, 0.5) is 0 Å². The Kier molecular flexibility index (Phi) is 4.98. The quantitative estimate of drug-likeness (QED) is 0.716. The molecule has 0 bridgehead atoms. The standard InChI is InChI=1S/C11H20N4O/c1-14(2)8-5-4-6-13-11(16)10-12-7-9-15(10)3/h7,9H,4-6,8H2,1-3H3,(H,13,16). The fourth-order valence-corrected chi connectivity index (χ4v) is 1.42. The van der Waals surface area contributed by atoms with E-state index in [1.54, 1.807) is 17.0 Å². The van der Waals surface area contributed by atoms with Crippen molar-refractivity contribution in [1.82, 2.24) is 19.8 Å². The molecule has 1 amide bonds. The van der Waals surface area contributed by atoms with Crippen molar-refractivity contribution in [2.24, 2.45) is 7.05 Å². The number of nitrogens with one attached hydrogen (secondary N) is 1. The van der Waals surface area contributed by atoms with Crippen LogP contribution in [-0.4, -0.2) is 47.5 Å². The van der Waals surface area contributed by atoms with Gasteiger partial charge in [0.15, 0.2) is 5.82 Å². The fourth-order valence-electron chi connectivity index (χ4n) is 1.42. The summed E-state index contributed by atoms with van der Waals surface area (Å²) in [6, 6.07) is 0. The monoisotopic (exact) mass is 224 g/mol. The maximum atomic E-state index is 11.6. The van der Waals surface area contributed by atoms with Crippen LogP contribution in [0.1, 0.15) is 23.5 Å². The molecule has 0 fully saturated rings. The van der Waals surface area contributed by atoms with Gasteiger partial charge in [0.05, 0.1) is 0 Å². The highest BCUT2D eigenvalue weighted by Gasteiger charge is 2.08. The van der Waals surface area contributed by atoms with Gasteiger partial charge in [0.2, 0.25) is 0 Å². The summed E-state index contributed by atoms with van der Waals surface area (Å²) in [7, 11) is 5.91. The molecule has 0 radical (unpaired) electrons. The van der Waals surface area contributed by atoms with Gasteiger partial charge in [-0.05, 0) is 33.5 Å². The van der Waals surface area contributed by atoms with Gasteiger partial charge in [-0.15, -0.1) is 0 Å². The van der Waals surface area contributed by atoms with E-state index in [0.29, 0.717) is 12.4 Å². The third-order valence-electron chi connectivity index (χ3n) is 2.34. The highest BCUT2D eigenvalue weighted by molar-refractivity contribution is 5.90. The van der Waals surface area contributed by atoms with Crippen molar-refractivity contribution in [2.75, 3.05) is 27.2 Å². The minimum atomic E-state index is -0.0997. The predicted octanol–water partition coefficient (Wildman–Crippen LogP) is 0.492. The van der Waals surface area contributed by atoms with Gasteiger partial charge in [-0.2, -0.15) is 0 Å². The molecule has 0 aromatic carbocycles. The van der Waals surface area contributed by atoms with E-state index in [2.05, 4.69) is 15.2 Å². The highest BCUT2D eigenvalue weighted by atomic mass is 16.2. The molecule has 90 valence electrons. The Hall–Kier alpha value is -1.36. The van der Waals surface area contributed by atoms with Gasteiger partial charge in [-0.3, -0.25) is 4.79 Å². The van der Waals surface area contributed by atoms with Gasteiger partial charge in [-0.1, -0.05) is 0 Å². The lowest BCUT2D eigenvalue weighted by Crippen LogP contribution is -2.27. The number of aromatic nitrogens is 2. The number of imidazole rings is 1. The molecule has 0 atom stereocenters. The molecule has 0 saturated carbocycles. The maximum Gasteiger partial charge on any atom is 0.287 e. The summed E-state index contributed by atoms with van der Waals surface area (Å²) in [5.41, 5.74) is 0. The van der Waals surface area contributed by atoms with Crippen LogP contribution in [0, 0.1) is 0 Å². The minimum Gasteiger partial charge on any atom is -0.349 e. The van der Waals surface area contributed by atoms with Crippen molar-refractivity contribution >= 4 is 5.91 Å². The van der Waals surface area contributed by atoms with E-state index in [1.165, 1.54) is 0 Å². The van der Waals surface area contributed by atoms with E-state index in [0.717, 1.165) is 19.4 Å². The topological polar surface area (TPSA) is 50.2 Å². The summed E-state index contributed by atoms with van der Waals surface area (Å²) in [5.74, 6) is 0.366. The molecule has 0 unspecified atom stereocenters. The molecule has 1 aromatic heterocycles. The molecule has 1 heterocycles. The first kappa shape index (κ1) is 12.7. The van der Waals surface area contributed by atoms with E-state index in [4.69, 9.17) is 0 Å². The van der Waals surface area contributed by atoms with Crippen molar-refractivity contribution in [2.45, 2.75) is 12.8 Å². The fraction of sp³-hybridized carbons (Fsp3) is 0.636. The lowest BCUT2D eigenvalue weighted by Gasteiger charge is -2.09. The highest BCUT2D eigenvalue weighted by Crippen LogP contribution is 1.94. The first-order valence-electron chi connectivity index (χ1n) is 5.51. The largest absolute Gasteiger partial charge is 0.349 e. The normalized spacial score (nSPS) is 10.8. The summed E-state index contributed by atoms with van der Waals surface area (Å²) >= 11 is 0. The number of hydrogen-bond acceptors (Lipinski definition) is 3. The van der Waals surface area contributed by atoms with Crippen molar-refractivity contribution in [3.8, 4) is 0 Å². The van der Waals surface area contributed by atoms with Crippen molar-refractivity contribution < 1.29 is 4.79 Å². The smallest absolute Gasteiger partial charge is 0.287 e. The molecule has 5 nitrogen and oxygen atoms in total. The lowest BCUT2D eigenvalue weighted by molar-refractivity contribution is 0.0939. The second-order valence-electron chi connectivity index (χ2n) is 4.13. The number of unbranched alkanes of at least 4 members (excludes halogenated alkanes) is 1. The molecule has 0 spiro atoms. The molecule has 1 aromatic rings. The predicted molar refractivity (Wildman–Crippen MR) is 63.3 cm³/mol. The van der Waals surface area contributed by atoms with Crippen LogP contribution >= 0.6 is 0 Å². The van der Waals surface area contributed by atoms with Crippen LogP contribution in [0.3, 0.4) is 0 Å². The molecule has 0 saturated heterocycles. The maximum absolute atomic E-state index is 11.6. The zero-order valence-corrected chi connectivity index (χ0v) is 10.2. The number of carbonyl (C=O) groups is 1. The van der Waals surface area contributed by atoms with E-state index in [9.17, 15) is 4.79 Å². The lowest BCUT2D eigenvalue weighted by atomic mass is 10.3. The van der Waals surface area contributed by atoms with Gasteiger partial charge in [0.25, 0.3) is 5.91 Å². The molecule has 5 heteroatoms. The average molecular weight is 224 g/mol. The average Bonchev–Trinajstić information content (AvgIpc) is 2.63. The third-order valence-corrected chi connectivity index (χ3v) is 2.34. The Morgan fingerprint density at radius 1 is 1.50 bits per heavy atom. The van der Waals surface area contributed by atoms with Gasteiger partial charge in [-0.25, -0.2) is 4.98 Å². The number of rotatable bonds is 6. The van der Waals surface area contributed by atoms with Crippen molar-refractivity contribution in [3.05, 3.63) is 18.2 Å². The Balaban J connectivity index is 2.19. The molecule has 0 aliphatic heterocycles. The second kappa shape index (κ2) is 6.27. The third kappa shape index (κ3) is 4.02. The molecular formula is C11H20N4O. The van der Waals surface area contributed by atoms with Crippen LogP contribution in [0.5, 0.6) is 0 Å².